The van der Waals surface area contributed by atoms with Crippen molar-refractivity contribution in [2.45, 2.75) is 20.8 Å². The third-order valence-electron chi connectivity index (χ3n) is 2.95. The molecule has 0 unspecified atom stereocenters. The Labute approximate surface area is 123 Å². The molecule has 2 heterocycles. The van der Waals surface area contributed by atoms with Crippen molar-refractivity contribution >= 4 is 22.3 Å². The molecule has 0 aliphatic heterocycles. The van der Waals surface area contributed by atoms with Crippen molar-refractivity contribution < 1.29 is 4.39 Å². The highest BCUT2D eigenvalue weighted by Gasteiger charge is 2.02. The topological polar surface area (TPSA) is 37.8 Å². The summed E-state index contributed by atoms with van der Waals surface area (Å²) >= 11 is 0. The van der Waals surface area contributed by atoms with E-state index in [-0.39, 0.29) is 5.82 Å². The highest BCUT2D eigenvalue weighted by Crippen LogP contribution is 2.21. The van der Waals surface area contributed by atoms with Crippen LogP contribution in [0.25, 0.3) is 10.8 Å². The maximum atomic E-state index is 13.4. The number of aryl methyl sites for hydroxylation is 1. The van der Waals surface area contributed by atoms with Crippen molar-refractivity contribution in [3.8, 4) is 0 Å². The average Bonchev–Trinajstić information content (AvgIpc) is 2.53. The van der Waals surface area contributed by atoms with Crippen LogP contribution in [-0.4, -0.2) is 9.97 Å². The lowest BCUT2D eigenvalue weighted by molar-refractivity contribution is 0.617. The SMILES string of the molecule is CC.Cc1cnc(Nc2ccc3cnccc3c2)cc1F. The number of benzene rings is 1. The summed E-state index contributed by atoms with van der Waals surface area (Å²) in [7, 11) is 0. The van der Waals surface area contributed by atoms with Crippen LogP contribution in [0.5, 0.6) is 0 Å². The lowest BCUT2D eigenvalue weighted by Gasteiger charge is -2.07. The number of aromatic nitrogens is 2. The van der Waals surface area contributed by atoms with Crippen LogP contribution in [0.3, 0.4) is 0 Å². The predicted molar refractivity (Wildman–Crippen MR) is 85.3 cm³/mol. The molecule has 0 radical (unpaired) electrons. The summed E-state index contributed by atoms with van der Waals surface area (Å²) in [6.07, 6.45) is 5.07. The van der Waals surface area contributed by atoms with Crippen molar-refractivity contribution in [2.24, 2.45) is 0 Å². The van der Waals surface area contributed by atoms with Gasteiger partial charge in [-0.05, 0) is 30.5 Å². The number of halogens is 1. The fourth-order valence-electron chi connectivity index (χ4n) is 1.88. The molecular weight excluding hydrogens is 265 g/mol. The zero-order chi connectivity index (χ0) is 15.2. The van der Waals surface area contributed by atoms with Crippen LogP contribution in [0, 0.1) is 12.7 Å². The van der Waals surface area contributed by atoms with Gasteiger partial charge in [0.15, 0.2) is 0 Å². The third kappa shape index (κ3) is 3.54. The monoisotopic (exact) mass is 283 g/mol. The third-order valence-corrected chi connectivity index (χ3v) is 2.95. The molecule has 0 fully saturated rings. The molecule has 0 atom stereocenters. The van der Waals surface area contributed by atoms with Crippen molar-refractivity contribution in [3.05, 3.63) is 60.3 Å². The molecule has 0 aliphatic carbocycles. The lowest BCUT2D eigenvalue weighted by Crippen LogP contribution is -1.95. The number of anilines is 2. The molecule has 2 aromatic heterocycles. The second kappa shape index (κ2) is 6.79. The molecule has 108 valence electrons. The molecule has 4 heteroatoms. The van der Waals surface area contributed by atoms with Crippen molar-refractivity contribution in [1.82, 2.24) is 9.97 Å². The Hall–Kier alpha value is -2.49. The first-order valence-electron chi connectivity index (χ1n) is 6.95. The molecule has 0 spiro atoms. The van der Waals surface area contributed by atoms with E-state index in [0.29, 0.717) is 11.4 Å². The summed E-state index contributed by atoms with van der Waals surface area (Å²) in [5.74, 6) is 0.235. The minimum absolute atomic E-state index is 0.262. The molecule has 1 aromatic carbocycles. The molecule has 0 bridgehead atoms. The first-order chi connectivity index (χ1) is 10.2. The van der Waals surface area contributed by atoms with Crippen LogP contribution in [0.1, 0.15) is 19.4 Å². The maximum absolute atomic E-state index is 13.4. The van der Waals surface area contributed by atoms with E-state index < -0.39 is 0 Å². The van der Waals surface area contributed by atoms with Gasteiger partial charge in [0.1, 0.15) is 11.6 Å². The molecule has 0 amide bonds. The van der Waals surface area contributed by atoms with Gasteiger partial charge in [-0.3, -0.25) is 4.98 Å². The Morgan fingerprint density at radius 2 is 1.81 bits per heavy atom. The molecular formula is C17H18FN3. The van der Waals surface area contributed by atoms with Crippen molar-refractivity contribution in [2.75, 3.05) is 5.32 Å². The van der Waals surface area contributed by atoms with Crippen LogP contribution < -0.4 is 5.32 Å². The molecule has 3 nitrogen and oxygen atoms in total. The first-order valence-corrected chi connectivity index (χ1v) is 6.95. The van der Waals surface area contributed by atoms with Crippen LogP contribution in [0.4, 0.5) is 15.9 Å². The van der Waals surface area contributed by atoms with E-state index in [9.17, 15) is 4.39 Å². The summed E-state index contributed by atoms with van der Waals surface area (Å²) in [5.41, 5.74) is 1.41. The van der Waals surface area contributed by atoms with E-state index in [2.05, 4.69) is 15.3 Å². The Morgan fingerprint density at radius 1 is 1.00 bits per heavy atom. The van der Waals surface area contributed by atoms with Crippen LogP contribution in [-0.2, 0) is 0 Å². The second-order valence-electron chi connectivity index (χ2n) is 4.38. The van der Waals surface area contributed by atoms with Gasteiger partial charge < -0.3 is 5.32 Å². The summed E-state index contributed by atoms with van der Waals surface area (Å²) < 4.78 is 13.4. The maximum Gasteiger partial charge on any atom is 0.133 e. The highest BCUT2D eigenvalue weighted by atomic mass is 19.1. The van der Waals surface area contributed by atoms with Gasteiger partial charge in [-0.1, -0.05) is 19.9 Å². The molecule has 0 aliphatic rings. The largest absolute Gasteiger partial charge is 0.340 e. The minimum Gasteiger partial charge on any atom is -0.340 e. The zero-order valence-corrected chi connectivity index (χ0v) is 12.4. The summed E-state index contributed by atoms with van der Waals surface area (Å²) in [6, 6.07) is 9.20. The van der Waals surface area contributed by atoms with Gasteiger partial charge in [0.25, 0.3) is 0 Å². The Morgan fingerprint density at radius 3 is 2.57 bits per heavy atom. The normalized spacial score (nSPS) is 9.90. The smallest absolute Gasteiger partial charge is 0.133 e. The first kappa shape index (κ1) is 14.9. The van der Waals surface area contributed by atoms with Gasteiger partial charge in [0.05, 0.1) is 0 Å². The fraction of sp³-hybridized carbons (Fsp3) is 0.176. The number of hydrogen-bond acceptors (Lipinski definition) is 3. The quantitative estimate of drug-likeness (QED) is 0.730. The molecule has 3 rings (SSSR count). The van der Waals surface area contributed by atoms with E-state index in [0.717, 1.165) is 16.5 Å². The van der Waals surface area contributed by atoms with Gasteiger partial charge in [0, 0.05) is 41.3 Å². The molecule has 3 aromatic rings. The summed E-state index contributed by atoms with van der Waals surface area (Å²) in [5, 5.41) is 5.23. The van der Waals surface area contributed by atoms with Gasteiger partial charge >= 0.3 is 0 Å². The summed E-state index contributed by atoms with van der Waals surface area (Å²) in [6.45, 7) is 5.69. The summed E-state index contributed by atoms with van der Waals surface area (Å²) in [4.78, 5) is 8.22. The van der Waals surface area contributed by atoms with E-state index in [1.165, 1.54) is 12.3 Å². The predicted octanol–water partition coefficient (Wildman–Crippen LogP) is 4.85. The van der Waals surface area contributed by atoms with Gasteiger partial charge in [0.2, 0.25) is 0 Å². The van der Waals surface area contributed by atoms with E-state index in [4.69, 9.17) is 0 Å². The Kier molecular flexibility index (Phi) is 4.82. The number of nitrogens with zero attached hydrogens (tertiary/aromatic N) is 2. The molecule has 0 saturated carbocycles. The van der Waals surface area contributed by atoms with Crippen molar-refractivity contribution in [3.63, 3.8) is 0 Å². The standard InChI is InChI=1S/C15H12FN3.C2H6/c1-10-8-18-15(7-14(10)16)19-13-3-2-12-9-17-5-4-11(12)6-13;1-2/h2-9H,1H3,(H,18,19);1-2H3. The minimum atomic E-state index is -0.262. The number of fused-ring (bicyclic) bond motifs is 1. The van der Waals surface area contributed by atoms with Gasteiger partial charge in [-0.15, -0.1) is 0 Å². The van der Waals surface area contributed by atoms with E-state index >= 15 is 0 Å². The van der Waals surface area contributed by atoms with Crippen LogP contribution in [0.15, 0.2) is 48.9 Å². The number of hydrogen-bond donors (Lipinski definition) is 1. The highest BCUT2D eigenvalue weighted by molar-refractivity contribution is 5.85. The fourth-order valence-corrected chi connectivity index (χ4v) is 1.88. The van der Waals surface area contributed by atoms with E-state index in [1.54, 1.807) is 13.1 Å². The molecule has 21 heavy (non-hydrogen) atoms. The van der Waals surface area contributed by atoms with Gasteiger partial charge in [-0.2, -0.15) is 0 Å². The zero-order valence-electron chi connectivity index (χ0n) is 12.4. The number of pyridine rings is 2. The number of rotatable bonds is 2. The van der Waals surface area contributed by atoms with Crippen LogP contribution >= 0.6 is 0 Å². The second-order valence-corrected chi connectivity index (χ2v) is 4.38. The molecule has 1 N–H and O–H groups in total. The van der Waals surface area contributed by atoms with Gasteiger partial charge in [-0.25, -0.2) is 9.37 Å². The lowest BCUT2D eigenvalue weighted by atomic mass is 10.1. The number of nitrogens with one attached hydrogen (secondary N) is 1. The Balaban J connectivity index is 0.000000774. The van der Waals surface area contributed by atoms with E-state index in [1.807, 2.05) is 44.3 Å². The average molecular weight is 283 g/mol. The van der Waals surface area contributed by atoms with Crippen molar-refractivity contribution in [1.29, 1.82) is 0 Å². The van der Waals surface area contributed by atoms with Crippen LogP contribution in [0.2, 0.25) is 0 Å². The molecule has 0 saturated heterocycles. The Bertz CT molecular complexity index is 741.